The molecule has 30 nitrogen and oxygen atoms in total. The van der Waals surface area contributed by atoms with Gasteiger partial charge < -0.3 is 60.1 Å². The number of carbonyl (C=O) groups is 5. The molecule has 0 bridgehead atoms. The van der Waals surface area contributed by atoms with Crippen molar-refractivity contribution in [3.05, 3.63) is 257 Å². The van der Waals surface area contributed by atoms with Crippen LogP contribution in [0.3, 0.4) is 0 Å². The van der Waals surface area contributed by atoms with Crippen LogP contribution >= 0.6 is 39.1 Å². The number of carbonyl (C=O) groups excluding carboxylic acids is 5. The number of H-pyrrole nitrogens is 1. The zero-order valence-corrected chi connectivity index (χ0v) is 70.8. The number of benzene rings is 5. The number of rotatable bonds is 21. The third-order valence-electron chi connectivity index (χ3n) is 17.2. The number of epoxide rings is 1. The molecule has 4 aliphatic rings. The van der Waals surface area contributed by atoms with Gasteiger partial charge >= 0.3 is 18.0 Å². The van der Waals surface area contributed by atoms with E-state index in [1.165, 1.54) is 46.5 Å². The number of nitriles is 1. The molecule has 4 aliphatic heterocycles. The van der Waals surface area contributed by atoms with Gasteiger partial charge in [-0.15, -0.1) is 11.6 Å². The number of aromatic amines is 1. The Balaban J connectivity index is 0.000000177. The molecular weight excluding hydrogens is 1650 g/mol. The molecule has 0 aliphatic carbocycles. The van der Waals surface area contributed by atoms with Crippen LogP contribution in [0.25, 0.3) is 11.3 Å². The van der Waals surface area contributed by atoms with Crippen molar-refractivity contribution in [3.8, 4) is 17.3 Å². The molecule has 15 rings (SSSR count). The fourth-order valence-corrected chi connectivity index (χ4v) is 12.1. The van der Waals surface area contributed by atoms with Gasteiger partial charge in [-0.25, -0.2) is 19.1 Å². The van der Waals surface area contributed by atoms with Gasteiger partial charge in [0.15, 0.2) is 11.6 Å². The number of nitrogens with two attached hydrogens (primary N) is 1. The number of imide groups is 1. The highest BCUT2D eigenvalue weighted by molar-refractivity contribution is 9.09. The number of ketones is 1. The highest BCUT2D eigenvalue weighted by atomic mass is 79.9. The van der Waals surface area contributed by atoms with E-state index < -0.39 is 29.5 Å². The maximum Gasteiger partial charge on any atom is 0.417 e. The summed E-state index contributed by atoms with van der Waals surface area (Å²) in [6.07, 6.45) is 11.3. The van der Waals surface area contributed by atoms with E-state index in [0.29, 0.717) is 87.3 Å². The third-order valence-corrected chi connectivity index (χ3v) is 18.3. The number of esters is 2. The highest BCUT2D eigenvalue weighted by Crippen LogP contribution is 2.35. The van der Waals surface area contributed by atoms with Crippen LogP contribution < -0.4 is 26.2 Å². The number of nitrogen functional groups attached to an aromatic ring is 1. The number of nitrogens with one attached hydrogen (secondary N) is 3. The van der Waals surface area contributed by atoms with Gasteiger partial charge in [-0.05, 0) is 94.0 Å². The number of hydrogen-bond donors (Lipinski definition) is 6. The molecule has 2 amide bonds. The number of amides is 2. The van der Waals surface area contributed by atoms with Crippen LogP contribution in [-0.2, 0) is 70.8 Å². The molecule has 11 aromatic rings. The van der Waals surface area contributed by atoms with Crippen LogP contribution in [0.2, 0.25) is 5.02 Å². The van der Waals surface area contributed by atoms with Gasteiger partial charge in [0.25, 0.3) is 5.91 Å². The van der Waals surface area contributed by atoms with E-state index in [2.05, 4.69) is 113 Å². The van der Waals surface area contributed by atoms with Crippen molar-refractivity contribution in [1.29, 1.82) is 5.26 Å². The minimum atomic E-state index is -0.813. The van der Waals surface area contributed by atoms with Gasteiger partial charge in [-0.1, -0.05) is 155 Å². The van der Waals surface area contributed by atoms with E-state index in [9.17, 15) is 38.7 Å². The lowest BCUT2D eigenvalue weighted by atomic mass is 10.0. The van der Waals surface area contributed by atoms with E-state index >= 15 is 0 Å². The number of aliphatic hydroxyl groups is 2. The summed E-state index contributed by atoms with van der Waals surface area (Å²) in [4.78, 5) is 66.8. The quantitative estimate of drug-likeness (QED) is 0.0168. The first-order valence-electron chi connectivity index (χ1n) is 38.9. The SMILES string of the molecule is CC(C)(C)OC(=O)N1Cc2nc(-c3c(F)cccc3C#N)cc(Cl)c2C1=O.CCOC(=O)CBr.CCOC(=O)CNc1ccn(Cc2ccccc2)n1.ClCC1CO1.Nc1ccn(Cc2ccccc2)n1.O=C1CCCCN(c2ccn[nH]2)C1.OC1COCCN(c2ccn(Cc3ccccc3)n2)C1.OCCNc1ccn(Cc2ccccc2)n1. The summed E-state index contributed by atoms with van der Waals surface area (Å²) < 4.78 is 46.3. The number of fused-ring (bicyclic) bond motifs is 1. The lowest BCUT2D eigenvalue weighted by Crippen LogP contribution is -2.36. The molecule has 0 spiro atoms. The van der Waals surface area contributed by atoms with Crippen molar-refractivity contribution in [2.45, 2.75) is 104 Å². The predicted octanol–water partition coefficient (Wildman–Crippen LogP) is 12.7. The Bertz CT molecular complexity index is 4940. The molecule has 3 fully saturated rings. The van der Waals surface area contributed by atoms with Crippen molar-refractivity contribution >= 4 is 97.9 Å². The molecule has 2 unspecified atom stereocenters. The van der Waals surface area contributed by atoms with Crippen molar-refractivity contribution in [1.82, 2.24) is 59.2 Å². The first kappa shape index (κ1) is 93.7. The smallest absolute Gasteiger partial charge is 0.417 e. The van der Waals surface area contributed by atoms with E-state index in [1.54, 1.807) is 46.9 Å². The second kappa shape index (κ2) is 50.2. The maximum absolute atomic E-state index is 14.3. The first-order chi connectivity index (χ1) is 58.0. The molecule has 636 valence electrons. The van der Waals surface area contributed by atoms with Crippen LogP contribution in [0.1, 0.15) is 97.8 Å². The molecule has 120 heavy (non-hydrogen) atoms. The molecule has 7 N–H and O–H groups in total. The summed E-state index contributed by atoms with van der Waals surface area (Å²) in [6.45, 7) is 17.8. The zero-order valence-electron chi connectivity index (χ0n) is 67.7. The number of anilines is 5. The minimum Gasteiger partial charge on any atom is -0.465 e. The van der Waals surface area contributed by atoms with Gasteiger partial charge in [0.05, 0.1) is 142 Å². The fraction of sp³-hybridized carbons (Fsp3) is 0.349. The fourth-order valence-electron chi connectivity index (χ4n) is 11.5. The second-order valence-corrected chi connectivity index (χ2v) is 29.2. The van der Waals surface area contributed by atoms with Crippen LogP contribution in [0.5, 0.6) is 0 Å². The Morgan fingerprint density at radius 2 is 1.26 bits per heavy atom. The minimum absolute atomic E-state index is 0.00660. The Kier molecular flexibility index (Phi) is 39.2. The summed E-state index contributed by atoms with van der Waals surface area (Å²) in [5.74, 6) is 3.13. The number of aromatic nitrogens is 11. The number of halogens is 4. The van der Waals surface area contributed by atoms with Crippen molar-refractivity contribution in [2.75, 3.05) is 116 Å². The Hall–Kier alpha value is -11.8. The number of hydrogen-bond acceptors (Lipinski definition) is 24. The normalized spacial score (nSPS) is 14.3. The number of pyridine rings is 1. The van der Waals surface area contributed by atoms with E-state index in [1.807, 2.05) is 159 Å². The molecular formula is C86H102BrCl2FN18O12. The molecule has 0 radical (unpaired) electrons. The number of alkyl halides is 2. The molecule has 6 aromatic heterocycles. The van der Waals surface area contributed by atoms with Crippen molar-refractivity contribution < 1.29 is 62.3 Å². The molecule has 2 atom stereocenters. The number of aliphatic hydroxyl groups excluding tert-OH is 2. The van der Waals surface area contributed by atoms with Crippen LogP contribution in [0, 0.1) is 17.1 Å². The average molecular weight is 1750 g/mol. The summed E-state index contributed by atoms with van der Waals surface area (Å²) in [7, 11) is 0. The summed E-state index contributed by atoms with van der Waals surface area (Å²) in [6, 6.07) is 57.4. The summed E-state index contributed by atoms with van der Waals surface area (Å²) in [5, 5.41) is 58.0. The largest absolute Gasteiger partial charge is 0.465 e. The number of Topliss-reactive ketones (excluding diaryl/α,β-unsaturated/α-hetero) is 1. The molecule has 34 heteroatoms. The average Bonchev–Trinajstić information content (AvgIpc) is 1.59. The zero-order chi connectivity index (χ0) is 86.0. The number of ether oxygens (including phenoxy) is 5. The van der Waals surface area contributed by atoms with Crippen LogP contribution in [-0.4, -0.2) is 207 Å². The van der Waals surface area contributed by atoms with Gasteiger partial charge in [-0.3, -0.25) is 43.0 Å². The Morgan fingerprint density at radius 1 is 0.700 bits per heavy atom. The van der Waals surface area contributed by atoms with Crippen molar-refractivity contribution in [2.24, 2.45) is 0 Å². The molecule has 0 saturated carbocycles. The van der Waals surface area contributed by atoms with Gasteiger partial charge in [0.2, 0.25) is 0 Å². The van der Waals surface area contributed by atoms with E-state index in [4.69, 9.17) is 53.0 Å². The Labute approximate surface area is 715 Å². The highest BCUT2D eigenvalue weighted by Gasteiger charge is 2.38. The lowest BCUT2D eigenvalue weighted by Gasteiger charge is -2.23. The van der Waals surface area contributed by atoms with Crippen LogP contribution in [0.4, 0.5) is 38.3 Å². The standard InChI is InChI=1S/C19H15ClFN3O3.C15H19N3O2.C14H17N3O2.C12H15N3O.C10H11N3.C9H13N3O.C4H7BrO2.C3H5ClO/c1-19(2,3)27-18(26)24-9-14-16(17(24)25)11(20)7-13(23-14)15-10(8-22)5-4-6-12(15)21;19-14-11-17(8-9-20-12-14)15-6-7-18(16-15)10-13-4-2-1-3-5-13;1-2-19-14(18)10-15-13-8-9-17(16-13)11-12-6-4-3-5-7-12;16-9-7-13-12-6-8-15(14-12)10-11-4-2-1-3-5-11;11-10-6-7-13(12-10)8-9-4-2-1-3-5-9;13-8-3-1-2-6-12(7-8)9-4-5-10-11-9;1-2-7-4(6)3-5;4-1-3-2-5-3/h4-7H,9H2,1-3H3;1-7,14,19H,8-12H2;3-9H,2,10-11H2,1H3,(H,15,16);1-6,8,16H,7,9-10H2,(H,13,14);1-7H,8H2,(H2,11,12);4-5H,1-3,6-7H2,(H,10,11);2-3H2,1H3;3H,1-2H2. The number of β-amino-alcohol motifs (C(OH)–C–C–N with tert-alkyl or cyclic N) is 1. The monoisotopic (exact) mass is 1750 g/mol. The predicted molar refractivity (Wildman–Crippen MR) is 461 cm³/mol. The second-order valence-electron chi connectivity index (χ2n) is 27.9. The first-order valence-corrected chi connectivity index (χ1v) is 41.0. The molecule has 5 aromatic carbocycles. The van der Waals surface area contributed by atoms with Crippen LogP contribution in [0.15, 0.2) is 207 Å². The Morgan fingerprint density at radius 3 is 1.76 bits per heavy atom. The van der Waals surface area contributed by atoms with Gasteiger partial charge in [0, 0.05) is 81.7 Å². The molecule has 10 heterocycles. The van der Waals surface area contributed by atoms with Gasteiger partial charge in [-0.2, -0.15) is 30.8 Å². The lowest BCUT2D eigenvalue weighted by molar-refractivity contribution is -0.141. The van der Waals surface area contributed by atoms with Crippen molar-refractivity contribution in [3.63, 3.8) is 0 Å². The van der Waals surface area contributed by atoms with Gasteiger partial charge in [0.1, 0.15) is 46.6 Å². The number of nitrogens with zero attached hydrogens (tertiary/aromatic N) is 14. The molecule has 3 saturated heterocycles. The maximum atomic E-state index is 14.3. The third kappa shape index (κ3) is 33.2. The van der Waals surface area contributed by atoms with E-state index in [0.717, 1.165) is 80.9 Å². The topological polar surface area (TPSA) is 372 Å². The summed E-state index contributed by atoms with van der Waals surface area (Å²) in [5.41, 5.74) is 10.1. The van der Waals surface area contributed by atoms with E-state index in [-0.39, 0.29) is 64.7 Å². The summed E-state index contributed by atoms with van der Waals surface area (Å²) >= 11 is 14.4.